The maximum Gasteiger partial charge on any atom is 0.00333 e. The van der Waals surface area contributed by atoms with Gasteiger partial charge in [0.05, 0.1) is 0 Å². The monoisotopic (exact) mass is 156 g/mol. The number of rotatable bonds is 0. The van der Waals surface area contributed by atoms with Crippen molar-refractivity contribution in [2.75, 3.05) is 6.54 Å². The van der Waals surface area contributed by atoms with Crippen LogP contribution in [0.4, 0.5) is 0 Å². The lowest BCUT2D eigenvalue weighted by molar-refractivity contribution is 0.0518. The van der Waals surface area contributed by atoms with Crippen LogP contribution in [0.2, 0.25) is 0 Å². The second kappa shape index (κ2) is 2.46. The molecule has 1 fully saturated rings. The molecular weight excluding hydrogens is 138 g/mol. The van der Waals surface area contributed by atoms with Gasteiger partial charge in [-0.3, -0.25) is 0 Å². The molecule has 0 aromatic heterocycles. The van der Waals surface area contributed by atoms with Gasteiger partial charge in [-0.15, -0.1) is 0 Å². The molecule has 1 saturated heterocycles. The summed E-state index contributed by atoms with van der Waals surface area (Å²) in [6, 6.07) is 0. The standard InChI is InChI=1S/C9H18NO/c1-8(2)5-6-9(3,4)10(11)7-8/h5-7H2,1-4H3/q-1. The smallest absolute Gasteiger partial charge is 0.00333 e. The van der Waals surface area contributed by atoms with Gasteiger partial charge in [-0.1, -0.05) is 13.8 Å². The average Bonchev–Trinajstić information content (AvgIpc) is 1.81. The normalized spacial score (nSPS) is 30.3. The molecule has 0 amide bonds. The number of piperidine rings is 1. The summed E-state index contributed by atoms with van der Waals surface area (Å²) in [7, 11) is 0. The highest BCUT2D eigenvalue weighted by Crippen LogP contribution is 2.36. The highest BCUT2D eigenvalue weighted by Gasteiger charge is 2.32. The lowest BCUT2D eigenvalue weighted by atomic mass is 9.78. The van der Waals surface area contributed by atoms with Crippen molar-refractivity contribution in [2.24, 2.45) is 5.41 Å². The molecule has 1 heterocycles. The van der Waals surface area contributed by atoms with E-state index >= 15 is 0 Å². The minimum Gasteiger partial charge on any atom is -0.785 e. The minimum absolute atomic E-state index is 0.129. The fourth-order valence-electron chi connectivity index (χ4n) is 1.45. The van der Waals surface area contributed by atoms with E-state index in [1.165, 1.54) is 11.5 Å². The second-order valence-corrected chi connectivity index (χ2v) is 5.01. The van der Waals surface area contributed by atoms with Gasteiger partial charge in [-0.05, 0) is 38.6 Å². The van der Waals surface area contributed by atoms with Crippen molar-refractivity contribution in [3.63, 3.8) is 0 Å². The highest BCUT2D eigenvalue weighted by atomic mass is 16.5. The molecule has 0 spiro atoms. The predicted molar refractivity (Wildman–Crippen MR) is 47.2 cm³/mol. The number of hydrogen-bond donors (Lipinski definition) is 0. The van der Waals surface area contributed by atoms with Crippen LogP contribution in [0.15, 0.2) is 0 Å². The van der Waals surface area contributed by atoms with E-state index in [0.29, 0.717) is 6.54 Å². The third kappa shape index (κ3) is 1.94. The third-order valence-electron chi connectivity index (χ3n) is 2.66. The van der Waals surface area contributed by atoms with Gasteiger partial charge in [0.2, 0.25) is 0 Å². The molecule has 0 radical (unpaired) electrons. The van der Waals surface area contributed by atoms with Crippen LogP contribution in [0.1, 0.15) is 40.5 Å². The van der Waals surface area contributed by atoms with E-state index in [4.69, 9.17) is 0 Å². The van der Waals surface area contributed by atoms with Gasteiger partial charge >= 0.3 is 0 Å². The molecule has 0 bridgehead atoms. The SMILES string of the molecule is CC1(C)CCC(C)(C)N([O-])C1. The molecule has 1 rings (SSSR count). The first-order valence-corrected chi connectivity index (χ1v) is 4.28. The van der Waals surface area contributed by atoms with Crippen LogP contribution in [0.5, 0.6) is 0 Å². The molecule has 66 valence electrons. The molecule has 0 unspecified atom stereocenters. The fourth-order valence-corrected chi connectivity index (χ4v) is 1.45. The molecule has 1 aliphatic heterocycles. The first-order chi connectivity index (χ1) is 4.83. The van der Waals surface area contributed by atoms with Crippen LogP contribution in [-0.2, 0) is 0 Å². The first-order valence-electron chi connectivity index (χ1n) is 4.28. The molecule has 0 aromatic rings. The van der Waals surface area contributed by atoms with Crippen LogP contribution in [-0.4, -0.2) is 17.1 Å². The maximum absolute atomic E-state index is 11.4. The molecule has 0 N–H and O–H groups in total. The van der Waals surface area contributed by atoms with Crippen LogP contribution in [0.25, 0.3) is 0 Å². The number of hydrogen-bond acceptors (Lipinski definition) is 2. The molecular formula is C9H18NO-. The molecule has 0 aliphatic carbocycles. The van der Waals surface area contributed by atoms with E-state index in [9.17, 15) is 5.21 Å². The molecule has 0 aromatic carbocycles. The molecule has 0 saturated carbocycles. The zero-order valence-corrected chi connectivity index (χ0v) is 7.98. The van der Waals surface area contributed by atoms with Crippen molar-refractivity contribution in [2.45, 2.75) is 46.1 Å². The Labute approximate surface area is 69.2 Å². The Morgan fingerprint density at radius 3 is 2.00 bits per heavy atom. The molecule has 1 aliphatic rings. The highest BCUT2D eigenvalue weighted by molar-refractivity contribution is 4.92. The summed E-state index contributed by atoms with van der Waals surface area (Å²) >= 11 is 0. The quantitative estimate of drug-likeness (QED) is 0.538. The van der Waals surface area contributed by atoms with Gasteiger partial charge in [0, 0.05) is 5.54 Å². The van der Waals surface area contributed by atoms with Gasteiger partial charge in [0.1, 0.15) is 0 Å². The Kier molecular flexibility index (Phi) is 2.01. The summed E-state index contributed by atoms with van der Waals surface area (Å²) < 4.78 is 0. The summed E-state index contributed by atoms with van der Waals surface area (Å²) in [5.41, 5.74) is 0.0901. The molecule has 0 atom stereocenters. The van der Waals surface area contributed by atoms with Gasteiger partial charge in [-0.2, -0.15) is 0 Å². The number of hydroxylamine groups is 2. The third-order valence-corrected chi connectivity index (χ3v) is 2.66. The van der Waals surface area contributed by atoms with Crippen LogP contribution >= 0.6 is 0 Å². The van der Waals surface area contributed by atoms with Crippen molar-refractivity contribution in [1.29, 1.82) is 0 Å². The van der Waals surface area contributed by atoms with Crippen molar-refractivity contribution in [1.82, 2.24) is 5.06 Å². The first kappa shape index (κ1) is 9.01. The van der Waals surface area contributed by atoms with Crippen molar-refractivity contribution in [3.8, 4) is 0 Å². The van der Waals surface area contributed by atoms with Crippen LogP contribution in [0.3, 0.4) is 0 Å². The zero-order valence-electron chi connectivity index (χ0n) is 7.98. The lowest BCUT2D eigenvalue weighted by Crippen LogP contribution is -2.49. The topological polar surface area (TPSA) is 26.3 Å². The Morgan fingerprint density at radius 2 is 1.64 bits per heavy atom. The van der Waals surface area contributed by atoms with Gasteiger partial charge < -0.3 is 10.3 Å². The fraction of sp³-hybridized carbons (Fsp3) is 1.00. The summed E-state index contributed by atoms with van der Waals surface area (Å²) in [6.07, 6.45) is 2.18. The Balaban J connectivity index is 2.63. The van der Waals surface area contributed by atoms with Crippen LogP contribution in [0, 0.1) is 10.6 Å². The van der Waals surface area contributed by atoms with Gasteiger partial charge in [0.15, 0.2) is 0 Å². The van der Waals surface area contributed by atoms with E-state index in [1.54, 1.807) is 0 Å². The molecule has 2 heteroatoms. The van der Waals surface area contributed by atoms with E-state index in [-0.39, 0.29) is 11.0 Å². The summed E-state index contributed by atoms with van der Waals surface area (Å²) in [5.74, 6) is 0. The largest absolute Gasteiger partial charge is 0.785 e. The second-order valence-electron chi connectivity index (χ2n) is 5.01. The van der Waals surface area contributed by atoms with Gasteiger partial charge in [-0.25, -0.2) is 0 Å². The Morgan fingerprint density at radius 1 is 1.09 bits per heavy atom. The number of nitrogens with zero attached hydrogens (tertiary/aromatic N) is 1. The molecule has 2 nitrogen and oxygen atoms in total. The van der Waals surface area contributed by atoms with E-state index in [0.717, 1.165) is 6.42 Å². The molecule has 11 heavy (non-hydrogen) atoms. The van der Waals surface area contributed by atoms with E-state index < -0.39 is 0 Å². The van der Waals surface area contributed by atoms with Crippen molar-refractivity contribution < 1.29 is 0 Å². The predicted octanol–water partition coefficient (Wildman–Crippen LogP) is 2.38. The van der Waals surface area contributed by atoms with Gasteiger partial charge in [0.25, 0.3) is 0 Å². The van der Waals surface area contributed by atoms with Crippen LogP contribution < -0.4 is 0 Å². The van der Waals surface area contributed by atoms with E-state index in [1.807, 2.05) is 13.8 Å². The zero-order chi connectivity index (χ0) is 8.70. The lowest BCUT2D eigenvalue weighted by Gasteiger charge is -2.53. The maximum atomic E-state index is 11.4. The average molecular weight is 156 g/mol. The summed E-state index contributed by atoms with van der Waals surface area (Å²) in [5, 5.41) is 12.7. The van der Waals surface area contributed by atoms with Crippen molar-refractivity contribution in [3.05, 3.63) is 5.21 Å². The van der Waals surface area contributed by atoms with Crippen molar-refractivity contribution >= 4 is 0 Å². The Bertz CT molecular complexity index is 152. The minimum atomic E-state index is -0.129. The van der Waals surface area contributed by atoms with E-state index in [2.05, 4.69) is 13.8 Å². The summed E-state index contributed by atoms with van der Waals surface area (Å²) in [4.78, 5) is 0. The summed E-state index contributed by atoms with van der Waals surface area (Å²) in [6.45, 7) is 9.05. The Hall–Kier alpha value is -0.0800.